The van der Waals surface area contributed by atoms with Gasteiger partial charge >= 0.3 is 0 Å². The van der Waals surface area contributed by atoms with Crippen molar-refractivity contribution in [2.45, 2.75) is 71.3 Å². The Morgan fingerprint density at radius 1 is 0.765 bits per heavy atom. The van der Waals surface area contributed by atoms with Crippen molar-refractivity contribution >= 4 is 0 Å². The second kappa shape index (κ2) is 6.22. The van der Waals surface area contributed by atoms with Gasteiger partial charge in [0.15, 0.2) is 0 Å². The predicted octanol–water partition coefficient (Wildman–Crippen LogP) is 4.23. The molecule has 2 aliphatic carbocycles. The normalized spacial score (nSPS) is 44.3. The van der Waals surface area contributed by atoms with Crippen LogP contribution in [0, 0.1) is 23.7 Å². The van der Waals surface area contributed by atoms with Crippen molar-refractivity contribution in [2.75, 3.05) is 7.05 Å². The minimum absolute atomic E-state index is 0.803. The third-order valence-corrected chi connectivity index (χ3v) is 5.68. The molecule has 0 spiro atoms. The third kappa shape index (κ3) is 3.47. The van der Waals surface area contributed by atoms with Gasteiger partial charge in [0.1, 0.15) is 0 Å². The Morgan fingerprint density at radius 2 is 1.47 bits per heavy atom. The molecule has 2 aliphatic rings. The second-order valence-corrected chi connectivity index (χ2v) is 6.79. The predicted molar refractivity (Wildman–Crippen MR) is 75.1 cm³/mol. The van der Waals surface area contributed by atoms with E-state index in [0.717, 1.165) is 29.7 Å². The number of nitrogens with one attached hydrogen (secondary N) is 1. The second-order valence-electron chi connectivity index (χ2n) is 6.79. The summed E-state index contributed by atoms with van der Waals surface area (Å²) in [4.78, 5) is 0. The van der Waals surface area contributed by atoms with Gasteiger partial charge < -0.3 is 5.32 Å². The Bertz CT molecular complexity index is 226. The monoisotopic (exact) mass is 237 g/mol. The van der Waals surface area contributed by atoms with E-state index in [9.17, 15) is 0 Å². The van der Waals surface area contributed by atoms with Crippen LogP contribution >= 0.6 is 0 Å². The van der Waals surface area contributed by atoms with Gasteiger partial charge in [0.05, 0.1) is 0 Å². The van der Waals surface area contributed by atoms with E-state index in [0.29, 0.717) is 0 Å². The molecule has 1 nitrogen and oxygen atoms in total. The first kappa shape index (κ1) is 13.4. The molecule has 1 N–H and O–H groups in total. The summed E-state index contributed by atoms with van der Waals surface area (Å²) in [6.45, 7) is 4.92. The maximum absolute atomic E-state index is 3.53. The molecule has 0 heterocycles. The summed E-state index contributed by atoms with van der Waals surface area (Å²) in [5, 5.41) is 3.53. The molecule has 5 atom stereocenters. The van der Waals surface area contributed by atoms with E-state index in [1.54, 1.807) is 0 Å². The van der Waals surface area contributed by atoms with Crippen LogP contribution in [0.25, 0.3) is 0 Å². The lowest BCUT2D eigenvalue weighted by Gasteiger charge is -2.37. The molecule has 0 aromatic heterocycles. The van der Waals surface area contributed by atoms with Crippen molar-refractivity contribution < 1.29 is 0 Å². The van der Waals surface area contributed by atoms with Crippen LogP contribution in [0.4, 0.5) is 0 Å². The van der Waals surface area contributed by atoms with E-state index in [1.165, 1.54) is 51.4 Å². The van der Waals surface area contributed by atoms with Gasteiger partial charge in [-0.15, -0.1) is 0 Å². The summed E-state index contributed by atoms with van der Waals surface area (Å²) in [6, 6.07) is 0.803. The Morgan fingerprint density at radius 3 is 2.18 bits per heavy atom. The summed E-state index contributed by atoms with van der Waals surface area (Å²) in [5.74, 6) is 3.99. The van der Waals surface area contributed by atoms with Crippen LogP contribution in [0.2, 0.25) is 0 Å². The zero-order valence-corrected chi connectivity index (χ0v) is 12.0. The molecule has 0 radical (unpaired) electrons. The first-order chi connectivity index (χ1) is 8.20. The van der Waals surface area contributed by atoms with Crippen LogP contribution in [0.15, 0.2) is 0 Å². The van der Waals surface area contributed by atoms with E-state index in [1.807, 2.05) is 0 Å². The topological polar surface area (TPSA) is 12.0 Å². The molecule has 1 heteroatoms. The highest BCUT2D eigenvalue weighted by molar-refractivity contribution is 4.84. The van der Waals surface area contributed by atoms with Gasteiger partial charge in [-0.05, 0) is 56.4 Å². The van der Waals surface area contributed by atoms with Gasteiger partial charge in [0.25, 0.3) is 0 Å². The van der Waals surface area contributed by atoms with E-state index in [4.69, 9.17) is 0 Å². The average Bonchev–Trinajstić information content (AvgIpc) is 2.58. The molecule has 0 aromatic carbocycles. The Kier molecular flexibility index (Phi) is 4.90. The van der Waals surface area contributed by atoms with Crippen molar-refractivity contribution in [2.24, 2.45) is 23.7 Å². The van der Waals surface area contributed by atoms with Crippen LogP contribution in [0.1, 0.15) is 65.2 Å². The molecule has 0 aromatic rings. The van der Waals surface area contributed by atoms with Crippen LogP contribution in [0.3, 0.4) is 0 Å². The minimum Gasteiger partial charge on any atom is -0.317 e. The fourth-order valence-electron chi connectivity index (χ4n) is 4.11. The zero-order valence-electron chi connectivity index (χ0n) is 12.0. The lowest BCUT2D eigenvalue weighted by molar-refractivity contribution is 0.141. The SMILES string of the molecule is CNC1CCCCC(C2CCC(C)C(C)C2)C1. The Labute approximate surface area is 108 Å². The summed E-state index contributed by atoms with van der Waals surface area (Å²) in [7, 11) is 2.15. The smallest absolute Gasteiger partial charge is 0.00668 e. The molecule has 5 unspecified atom stereocenters. The maximum atomic E-state index is 3.53. The zero-order chi connectivity index (χ0) is 12.3. The molecule has 2 rings (SSSR count). The third-order valence-electron chi connectivity index (χ3n) is 5.68. The lowest BCUT2D eigenvalue weighted by atomic mass is 9.69. The summed E-state index contributed by atoms with van der Waals surface area (Å²) in [5.41, 5.74) is 0. The van der Waals surface area contributed by atoms with Crippen molar-refractivity contribution in [3.63, 3.8) is 0 Å². The molecular formula is C16H31N. The quantitative estimate of drug-likeness (QED) is 0.709. The number of hydrogen-bond acceptors (Lipinski definition) is 1. The van der Waals surface area contributed by atoms with Crippen molar-refractivity contribution in [1.82, 2.24) is 5.32 Å². The van der Waals surface area contributed by atoms with E-state index in [2.05, 4.69) is 26.2 Å². The molecule has 2 saturated carbocycles. The first-order valence-corrected chi connectivity index (χ1v) is 7.88. The molecule has 0 bridgehead atoms. The highest BCUT2D eigenvalue weighted by Crippen LogP contribution is 2.41. The first-order valence-electron chi connectivity index (χ1n) is 7.88. The molecular weight excluding hydrogens is 206 g/mol. The molecule has 0 saturated heterocycles. The Balaban J connectivity index is 1.91. The van der Waals surface area contributed by atoms with Gasteiger partial charge in [0, 0.05) is 6.04 Å². The molecule has 0 aliphatic heterocycles. The standard InChI is InChI=1S/C16H31N/c1-12-8-9-15(10-13(12)2)14-6-4-5-7-16(11-14)17-3/h12-17H,4-11H2,1-3H3. The van der Waals surface area contributed by atoms with Crippen LogP contribution in [-0.2, 0) is 0 Å². The van der Waals surface area contributed by atoms with Gasteiger partial charge in [-0.1, -0.05) is 39.5 Å². The number of hydrogen-bond donors (Lipinski definition) is 1. The van der Waals surface area contributed by atoms with Crippen molar-refractivity contribution in [1.29, 1.82) is 0 Å². The maximum Gasteiger partial charge on any atom is 0.00668 e. The highest BCUT2D eigenvalue weighted by Gasteiger charge is 2.31. The average molecular weight is 237 g/mol. The fraction of sp³-hybridized carbons (Fsp3) is 1.00. The molecule has 0 amide bonds. The summed E-state index contributed by atoms with van der Waals surface area (Å²) in [6.07, 6.45) is 11.8. The van der Waals surface area contributed by atoms with Crippen LogP contribution in [0.5, 0.6) is 0 Å². The number of rotatable bonds is 2. The molecule has 17 heavy (non-hydrogen) atoms. The molecule has 2 fully saturated rings. The Hall–Kier alpha value is -0.0400. The van der Waals surface area contributed by atoms with Gasteiger partial charge in [-0.2, -0.15) is 0 Å². The largest absolute Gasteiger partial charge is 0.317 e. The van der Waals surface area contributed by atoms with Crippen molar-refractivity contribution in [3.8, 4) is 0 Å². The highest BCUT2D eigenvalue weighted by atomic mass is 14.9. The van der Waals surface area contributed by atoms with E-state index < -0.39 is 0 Å². The van der Waals surface area contributed by atoms with Gasteiger partial charge in [-0.3, -0.25) is 0 Å². The van der Waals surface area contributed by atoms with E-state index >= 15 is 0 Å². The van der Waals surface area contributed by atoms with Crippen molar-refractivity contribution in [3.05, 3.63) is 0 Å². The van der Waals surface area contributed by atoms with Crippen LogP contribution in [-0.4, -0.2) is 13.1 Å². The fourth-order valence-corrected chi connectivity index (χ4v) is 4.11. The molecule has 100 valence electrons. The summed E-state index contributed by atoms with van der Waals surface area (Å²) < 4.78 is 0. The van der Waals surface area contributed by atoms with Gasteiger partial charge in [0.2, 0.25) is 0 Å². The van der Waals surface area contributed by atoms with Crippen LogP contribution < -0.4 is 5.32 Å². The minimum atomic E-state index is 0.803. The summed E-state index contributed by atoms with van der Waals surface area (Å²) >= 11 is 0. The lowest BCUT2D eigenvalue weighted by Crippen LogP contribution is -2.31. The van der Waals surface area contributed by atoms with Gasteiger partial charge in [-0.25, -0.2) is 0 Å². The van der Waals surface area contributed by atoms with E-state index in [-0.39, 0.29) is 0 Å².